The van der Waals surface area contributed by atoms with Gasteiger partial charge in [-0.25, -0.2) is 0 Å². The number of carbonyl (C=O) groups is 2. The van der Waals surface area contributed by atoms with Crippen molar-refractivity contribution in [3.63, 3.8) is 0 Å². The number of hydrogen-bond donors (Lipinski definition) is 2. The third-order valence-electron chi connectivity index (χ3n) is 8.12. The Labute approximate surface area is 296 Å². The molecule has 0 radical (unpaired) electrons. The van der Waals surface area contributed by atoms with E-state index in [-0.39, 0.29) is 62.8 Å². The molecule has 0 bridgehead atoms. The van der Waals surface area contributed by atoms with Gasteiger partial charge in [0, 0.05) is 11.9 Å². The van der Waals surface area contributed by atoms with Crippen LogP contribution in [-0.2, 0) is 9.59 Å². The predicted molar refractivity (Wildman–Crippen MR) is 178 cm³/mol. The minimum absolute atomic E-state index is 0. The molecule has 0 spiro atoms. The summed E-state index contributed by atoms with van der Waals surface area (Å²) in [6.07, 6.45) is 31.8. The van der Waals surface area contributed by atoms with Crippen LogP contribution in [0.5, 0.6) is 0 Å². The second kappa shape index (κ2) is 40.1. The van der Waals surface area contributed by atoms with E-state index in [1.807, 2.05) is 0 Å². The number of hydrogen-bond acceptors (Lipinski definition) is 6. The van der Waals surface area contributed by atoms with Gasteiger partial charge >= 0.3 is 37.7 Å². The molecule has 2 atom stereocenters. The van der Waals surface area contributed by atoms with Crippen molar-refractivity contribution in [2.75, 3.05) is 0 Å². The number of aliphatic carboxylic acids is 2. The summed E-state index contributed by atoms with van der Waals surface area (Å²) in [5.74, 6) is -1.86. The fourth-order valence-electron chi connectivity index (χ4n) is 5.32. The summed E-state index contributed by atoms with van der Waals surface area (Å²) in [4.78, 5) is 20.5. The first kappa shape index (κ1) is 47.5. The molecular weight excluding hydrogens is 568 g/mol. The van der Waals surface area contributed by atoms with Gasteiger partial charge in [0.15, 0.2) is 0 Å². The molecule has 2 N–H and O–H groups in total. The van der Waals surface area contributed by atoms with Crippen molar-refractivity contribution >= 4 is 49.7 Å². The Morgan fingerprint density at radius 2 is 0.628 bits per heavy atom. The van der Waals surface area contributed by atoms with Crippen molar-refractivity contribution in [3.8, 4) is 0 Å². The van der Waals surface area contributed by atoms with Gasteiger partial charge in [-0.15, -0.1) is 0 Å². The predicted octanol–water partition coefficient (Wildman–Crippen LogP) is 7.56. The second-order valence-corrected chi connectivity index (χ2v) is 12.5. The van der Waals surface area contributed by atoms with Crippen LogP contribution in [0.3, 0.4) is 0 Å². The molecule has 0 aromatic rings. The molecule has 0 aromatic heterocycles. The zero-order chi connectivity index (χ0) is 31.5. The van der Waals surface area contributed by atoms with Gasteiger partial charge in [-0.1, -0.05) is 155 Å². The first-order valence-corrected chi connectivity index (χ1v) is 18.1. The maximum Gasteiger partial charge on any atom is 2.00 e. The van der Waals surface area contributed by atoms with E-state index in [0.29, 0.717) is 0 Å². The van der Waals surface area contributed by atoms with Crippen LogP contribution in [0.1, 0.15) is 206 Å². The van der Waals surface area contributed by atoms with Crippen molar-refractivity contribution in [1.29, 1.82) is 0 Å². The van der Waals surface area contributed by atoms with E-state index in [4.69, 9.17) is 0 Å². The van der Waals surface area contributed by atoms with Gasteiger partial charge in [0.1, 0.15) is 0 Å². The molecule has 7 heteroatoms. The van der Waals surface area contributed by atoms with Crippen molar-refractivity contribution in [2.45, 2.75) is 219 Å². The quantitative estimate of drug-likeness (QED) is 0.0580. The Balaban J connectivity index is -0.000000727. The van der Waals surface area contributed by atoms with Crippen molar-refractivity contribution in [1.82, 2.24) is 0 Å². The van der Waals surface area contributed by atoms with Gasteiger partial charge < -0.3 is 30.0 Å². The summed E-state index contributed by atoms with van der Waals surface area (Å²) in [6.45, 7) is 4.42. The molecule has 0 saturated heterocycles. The minimum atomic E-state index is -0.928. The number of unbranched alkanes of at least 4 members (excludes halogenated alkanes) is 20. The third-order valence-corrected chi connectivity index (χ3v) is 8.12. The van der Waals surface area contributed by atoms with E-state index < -0.39 is 11.9 Å². The van der Waals surface area contributed by atoms with Crippen LogP contribution < -0.4 is 10.2 Å². The average Bonchev–Trinajstić information content (AvgIpc) is 2.95. The molecule has 0 aliphatic heterocycles. The molecule has 0 heterocycles. The molecule has 252 valence electrons. The number of carboxylic acid groups (broad SMARTS) is 2. The second-order valence-electron chi connectivity index (χ2n) is 12.5. The van der Waals surface area contributed by atoms with Crippen molar-refractivity contribution in [2.24, 2.45) is 0 Å². The van der Waals surface area contributed by atoms with Gasteiger partial charge in [-0.2, -0.15) is 0 Å². The molecule has 43 heavy (non-hydrogen) atoms. The van der Waals surface area contributed by atoms with E-state index in [9.17, 15) is 30.0 Å². The normalized spacial score (nSPS) is 12.2. The van der Waals surface area contributed by atoms with Crippen LogP contribution in [0.2, 0.25) is 0 Å². The summed E-state index contributed by atoms with van der Waals surface area (Å²) in [5, 5.41) is 40.1. The molecule has 0 aromatic carbocycles. The number of aliphatic hydroxyl groups excluding tert-OH is 2. The fourth-order valence-corrected chi connectivity index (χ4v) is 5.32. The van der Waals surface area contributed by atoms with Crippen LogP contribution in [0.4, 0.5) is 0 Å². The molecule has 0 fully saturated rings. The zero-order valence-electron chi connectivity index (χ0n) is 28.6. The van der Waals surface area contributed by atoms with E-state index >= 15 is 0 Å². The van der Waals surface area contributed by atoms with Gasteiger partial charge in [-0.05, 0) is 51.4 Å². The van der Waals surface area contributed by atoms with Crippen LogP contribution in [-0.4, -0.2) is 72.1 Å². The summed E-state index contributed by atoms with van der Waals surface area (Å²) < 4.78 is 0. The first-order chi connectivity index (χ1) is 20.3. The van der Waals surface area contributed by atoms with Gasteiger partial charge in [0.2, 0.25) is 0 Å². The molecule has 2 unspecified atom stereocenters. The zero-order valence-corrected chi connectivity index (χ0v) is 30.8. The minimum Gasteiger partial charge on any atom is -0.550 e. The molecule has 6 nitrogen and oxygen atoms in total. The molecule has 0 aliphatic carbocycles. The van der Waals surface area contributed by atoms with E-state index in [0.717, 1.165) is 77.0 Å². The average molecular weight is 639 g/mol. The molecule has 0 amide bonds. The van der Waals surface area contributed by atoms with Gasteiger partial charge in [-0.3, -0.25) is 0 Å². The number of aliphatic hydroxyl groups is 2. The SMILES string of the molecule is CCCCCCC(O)CCCCCCCCCCC(=O)[O-].CCCCCCC(O)CCCCCCCCCCC(=O)[O-].[Ca+2]. The smallest absolute Gasteiger partial charge is 0.550 e. The monoisotopic (exact) mass is 638 g/mol. The summed E-state index contributed by atoms with van der Waals surface area (Å²) in [7, 11) is 0. The standard InChI is InChI=1S/2C18H36O3.Ca/c2*1-2-3-4-11-14-17(19)15-12-9-7-5-6-8-10-13-16-18(20)21;/h2*17,19H,2-16H2,1H3,(H,20,21);/q;;+2/p-2. The maximum absolute atomic E-state index is 10.2. The van der Waals surface area contributed by atoms with Crippen LogP contribution in [0.25, 0.3) is 0 Å². The van der Waals surface area contributed by atoms with Crippen LogP contribution in [0, 0.1) is 0 Å². The van der Waals surface area contributed by atoms with Crippen molar-refractivity contribution in [3.05, 3.63) is 0 Å². The number of rotatable bonds is 32. The van der Waals surface area contributed by atoms with E-state index in [1.54, 1.807) is 0 Å². The number of carboxylic acids is 2. The first-order valence-electron chi connectivity index (χ1n) is 18.1. The molecule has 0 aliphatic rings. The Morgan fingerprint density at radius 1 is 0.419 bits per heavy atom. The summed E-state index contributed by atoms with van der Waals surface area (Å²) in [6, 6.07) is 0. The maximum atomic E-state index is 10.2. The topological polar surface area (TPSA) is 121 Å². The molecule has 0 saturated carbocycles. The molecular formula is C36H70CaO6. The molecule has 0 rings (SSSR count). The summed E-state index contributed by atoms with van der Waals surface area (Å²) >= 11 is 0. The Bertz CT molecular complexity index is 512. The van der Waals surface area contributed by atoms with Gasteiger partial charge in [0.05, 0.1) is 12.2 Å². The van der Waals surface area contributed by atoms with Crippen molar-refractivity contribution < 1.29 is 30.0 Å². The summed E-state index contributed by atoms with van der Waals surface area (Å²) in [5.41, 5.74) is 0. The largest absolute Gasteiger partial charge is 2.00 e. The van der Waals surface area contributed by atoms with Crippen LogP contribution in [0.15, 0.2) is 0 Å². The van der Waals surface area contributed by atoms with E-state index in [1.165, 1.54) is 103 Å². The fraction of sp³-hybridized carbons (Fsp3) is 0.944. The Kier molecular flexibility index (Phi) is 44.4. The van der Waals surface area contributed by atoms with Crippen LogP contribution >= 0.6 is 0 Å². The Hall–Kier alpha value is 0.120. The number of carbonyl (C=O) groups excluding carboxylic acids is 2. The Morgan fingerprint density at radius 3 is 0.860 bits per heavy atom. The van der Waals surface area contributed by atoms with Gasteiger partial charge in [0.25, 0.3) is 0 Å². The third kappa shape index (κ3) is 46.7. The van der Waals surface area contributed by atoms with E-state index in [2.05, 4.69) is 13.8 Å².